The van der Waals surface area contributed by atoms with E-state index >= 15 is 0 Å². The molecule has 0 amide bonds. The van der Waals surface area contributed by atoms with Gasteiger partial charge < -0.3 is 9.47 Å². The van der Waals surface area contributed by atoms with Crippen molar-refractivity contribution in [2.75, 3.05) is 6.79 Å². The lowest BCUT2D eigenvalue weighted by molar-refractivity contribution is 0.104. The first-order valence-corrected chi connectivity index (χ1v) is 10.6. The number of nitriles is 1. The molecule has 3 aromatic carbocycles. The maximum atomic E-state index is 14.2. The Bertz CT molecular complexity index is 1580. The number of hydrogen-bond donors (Lipinski definition) is 0. The first-order chi connectivity index (χ1) is 16.7. The van der Waals surface area contributed by atoms with Gasteiger partial charge in [-0.05, 0) is 35.9 Å². The molecule has 2 heterocycles. The highest BCUT2D eigenvalue weighted by atomic mass is 19.1. The topological polar surface area (TPSA) is 72.2 Å². The van der Waals surface area contributed by atoms with Gasteiger partial charge in [-0.2, -0.15) is 5.26 Å². The van der Waals surface area contributed by atoms with Gasteiger partial charge in [0.1, 0.15) is 11.9 Å². The molecule has 1 aliphatic carbocycles. The quantitative estimate of drug-likeness (QED) is 0.347. The number of nitrogens with zero attached hydrogens (tertiary/aromatic N) is 2. The molecule has 1 aliphatic heterocycles. The van der Waals surface area contributed by atoms with E-state index in [-0.39, 0.29) is 24.0 Å². The summed E-state index contributed by atoms with van der Waals surface area (Å²) in [7, 11) is 0. The molecular weight excluding hydrogens is 431 g/mol. The molecule has 0 spiro atoms. The van der Waals surface area contributed by atoms with Gasteiger partial charge >= 0.3 is 0 Å². The van der Waals surface area contributed by atoms with Gasteiger partial charge in [0.05, 0.1) is 22.5 Å². The second-order valence-corrected chi connectivity index (χ2v) is 7.88. The van der Waals surface area contributed by atoms with Crippen molar-refractivity contribution in [3.63, 3.8) is 0 Å². The molecule has 6 heteroatoms. The van der Waals surface area contributed by atoms with Crippen molar-refractivity contribution in [1.82, 2.24) is 4.98 Å². The Morgan fingerprint density at radius 3 is 2.50 bits per heavy atom. The third-order valence-corrected chi connectivity index (χ3v) is 5.98. The fourth-order valence-electron chi connectivity index (χ4n) is 4.40. The third-order valence-electron chi connectivity index (χ3n) is 5.98. The summed E-state index contributed by atoms with van der Waals surface area (Å²) >= 11 is 0. The number of fused-ring (bicyclic) bond motifs is 4. The molecule has 0 saturated heterocycles. The number of pyridine rings is 1. The number of aromatic nitrogens is 1. The Morgan fingerprint density at radius 2 is 1.68 bits per heavy atom. The highest BCUT2D eigenvalue weighted by Crippen LogP contribution is 2.45. The molecule has 162 valence electrons. The third kappa shape index (κ3) is 2.99. The van der Waals surface area contributed by atoms with E-state index in [0.29, 0.717) is 56.3 Å². The molecule has 0 radical (unpaired) electrons. The van der Waals surface area contributed by atoms with Gasteiger partial charge in [-0.1, -0.05) is 48.5 Å². The van der Waals surface area contributed by atoms with Gasteiger partial charge in [0.15, 0.2) is 17.3 Å². The van der Waals surface area contributed by atoms with Crippen molar-refractivity contribution >= 4 is 17.9 Å². The summed E-state index contributed by atoms with van der Waals surface area (Å²) < 4.78 is 25.2. The molecule has 2 aliphatic rings. The molecule has 0 fully saturated rings. The van der Waals surface area contributed by atoms with Gasteiger partial charge in [-0.15, -0.1) is 0 Å². The Labute approximate surface area is 194 Å². The molecule has 4 aromatic rings. The standard InChI is InChI=1S/C28H15FN2O3/c29-21-8-4-1-5-16(21)9-11-22-20(14-30)25(17-10-12-23-24(13-17)34-15-33-23)26-27(31-22)18-6-2-3-7-19(18)28(26)32/h1-13H,15H2/b11-9+. The molecule has 34 heavy (non-hydrogen) atoms. The Morgan fingerprint density at radius 1 is 0.912 bits per heavy atom. The average molecular weight is 446 g/mol. The highest BCUT2D eigenvalue weighted by Gasteiger charge is 2.34. The summed E-state index contributed by atoms with van der Waals surface area (Å²) in [5.41, 5.74) is 4.17. The second kappa shape index (κ2) is 7.68. The molecule has 0 N–H and O–H groups in total. The van der Waals surface area contributed by atoms with Crippen molar-refractivity contribution in [2.45, 2.75) is 0 Å². The van der Waals surface area contributed by atoms with E-state index in [1.807, 2.05) is 12.1 Å². The van der Waals surface area contributed by atoms with Crippen LogP contribution in [0.25, 0.3) is 34.5 Å². The predicted molar refractivity (Wildman–Crippen MR) is 125 cm³/mol. The predicted octanol–water partition coefficient (Wildman–Crippen LogP) is 5.87. The molecule has 1 aromatic heterocycles. The zero-order valence-electron chi connectivity index (χ0n) is 17.7. The number of hydrogen-bond acceptors (Lipinski definition) is 5. The lowest BCUT2D eigenvalue weighted by Gasteiger charge is -2.13. The maximum absolute atomic E-state index is 14.2. The number of ether oxygens (including phenoxy) is 2. The minimum atomic E-state index is -0.380. The Hall–Kier alpha value is -4.76. The minimum absolute atomic E-state index is 0.110. The molecular formula is C28H15FN2O3. The Balaban J connectivity index is 1.63. The summed E-state index contributed by atoms with van der Waals surface area (Å²) in [6.45, 7) is 0.110. The van der Waals surface area contributed by atoms with Crippen molar-refractivity contribution in [3.05, 3.63) is 100 Å². The first-order valence-electron chi connectivity index (χ1n) is 10.6. The van der Waals surface area contributed by atoms with E-state index in [9.17, 15) is 14.4 Å². The van der Waals surface area contributed by atoms with E-state index in [1.54, 1.807) is 60.7 Å². The normalized spacial score (nSPS) is 13.1. The minimum Gasteiger partial charge on any atom is -0.454 e. The van der Waals surface area contributed by atoms with Crippen LogP contribution in [0.3, 0.4) is 0 Å². The fourth-order valence-corrected chi connectivity index (χ4v) is 4.40. The zero-order chi connectivity index (χ0) is 23.2. The number of benzene rings is 3. The first kappa shape index (κ1) is 19.9. The van der Waals surface area contributed by atoms with E-state index in [4.69, 9.17) is 14.5 Å². The van der Waals surface area contributed by atoms with Crippen LogP contribution in [0.1, 0.15) is 32.7 Å². The van der Waals surface area contributed by atoms with Gasteiger partial charge in [0.2, 0.25) is 6.79 Å². The average Bonchev–Trinajstić information content (AvgIpc) is 3.45. The van der Waals surface area contributed by atoms with Crippen molar-refractivity contribution in [2.24, 2.45) is 0 Å². The lowest BCUT2D eigenvalue weighted by Crippen LogP contribution is -2.04. The molecule has 5 nitrogen and oxygen atoms in total. The van der Waals surface area contributed by atoms with Crippen LogP contribution in [0.5, 0.6) is 11.5 Å². The number of rotatable bonds is 3. The van der Waals surface area contributed by atoms with Crippen LogP contribution < -0.4 is 9.47 Å². The van der Waals surface area contributed by atoms with Gasteiger partial charge in [0, 0.05) is 22.3 Å². The SMILES string of the molecule is N#Cc1c(/C=C/c2ccccc2F)nc2c(c1-c1ccc3c(c1)OCO3)C(=O)c1ccccc1-2. The maximum Gasteiger partial charge on any atom is 0.231 e. The van der Waals surface area contributed by atoms with E-state index in [1.165, 1.54) is 6.07 Å². The largest absolute Gasteiger partial charge is 0.454 e. The monoisotopic (exact) mass is 446 g/mol. The Kier molecular flexibility index (Phi) is 4.49. The van der Waals surface area contributed by atoms with Crippen LogP contribution in [-0.4, -0.2) is 17.6 Å². The van der Waals surface area contributed by atoms with Gasteiger partial charge in [-0.25, -0.2) is 9.37 Å². The summed E-state index contributed by atoms with van der Waals surface area (Å²) in [6, 6.07) is 21.1. The van der Waals surface area contributed by atoms with Crippen LogP contribution in [-0.2, 0) is 0 Å². The van der Waals surface area contributed by atoms with E-state index in [0.717, 1.165) is 0 Å². The smallest absolute Gasteiger partial charge is 0.231 e. The van der Waals surface area contributed by atoms with Gasteiger partial charge in [-0.3, -0.25) is 4.79 Å². The van der Waals surface area contributed by atoms with Crippen molar-refractivity contribution in [1.29, 1.82) is 5.26 Å². The van der Waals surface area contributed by atoms with E-state index < -0.39 is 0 Å². The molecule has 0 atom stereocenters. The molecule has 0 bridgehead atoms. The fraction of sp³-hybridized carbons (Fsp3) is 0.0357. The summed E-state index contributed by atoms with van der Waals surface area (Å²) in [6.07, 6.45) is 3.19. The second-order valence-electron chi connectivity index (χ2n) is 7.88. The molecule has 0 saturated carbocycles. The summed E-state index contributed by atoms with van der Waals surface area (Å²) in [4.78, 5) is 18.2. The zero-order valence-corrected chi connectivity index (χ0v) is 17.7. The van der Waals surface area contributed by atoms with Crippen LogP contribution in [0.4, 0.5) is 4.39 Å². The van der Waals surface area contributed by atoms with Crippen molar-refractivity contribution < 1.29 is 18.7 Å². The highest BCUT2D eigenvalue weighted by molar-refractivity contribution is 6.24. The molecule has 0 unspecified atom stereocenters. The van der Waals surface area contributed by atoms with Crippen molar-refractivity contribution in [3.8, 4) is 40.0 Å². The number of carbonyl (C=O) groups is 1. The van der Waals surface area contributed by atoms with Crippen LogP contribution in [0.15, 0.2) is 66.7 Å². The van der Waals surface area contributed by atoms with Crippen LogP contribution in [0, 0.1) is 17.1 Å². The molecule has 6 rings (SSSR count). The number of carbonyl (C=O) groups excluding carboxylic acids is 1. The number of ketones is 1. The number of halogens is 1. The van der Waals surface area contributed by atoms with E-state index in [2.05, 4.69) is 6.07 Å². The van der Waals surface area contributed by atoms with Gasteiger partial charge in [0.25, 0.3) is 0 Å². The lowest BCUT2D eigenvalue weighted by atomic mass is 9.91. The van der Waals surface area contributed by atoms with Crippen LogP contribution >= 0.6 is 0 Å². The summed E-state index contributed by atoms with van der Waals surface area (Å²) in [5, 5.41) is 10.2. The van der Waals surface area contributed by atoms with Crippen LogP contribution in [0.2, 0.25) is 0 Å². The summed E-state index contributed by atoms with van der Waals surface area (Å²) in [5.74, 6) is 0.572.